The molecule has 0 radical (unpaired) electrons. The van der Waals surface area contributed by atoms with Gasteiger partial charge in [-0.25, -0.2) is 0 Å². The van der Waals surface area contributed by atoms with E-state index in [1.165, 1.54) is 7.11 Å². The summed E-state index contributed by atoms with van der Waals surface area (Å²) >= 11 is 8.62. The zero-order chi connectivity index (χ0) is 7.44. The van der Waals surface area contributed by atoms with Crippen LogP contribution in [0.1, 0.15) is 6.92 Å². The van der Waals surface area contributed by atoms with Crippen LogP contribution in [0.5, 0.6) is 0 Å². The average Bonchev–Trinajstić information content (AvgIpc) is 1.84. The van der Waals surface area contributed by atoms with Crippen LogP contribution in [0.25, 0.3) is 0 Å². The van der Waals surface area contributed by atoms with Crippen LogP contribution in [0.15, 0.2) is 0 Å². The van der Waals surface area contributed by atoms with Crippen molar-refractivity contribution in [3.63, 3.8) is 0 Å². The van der Waals surface area contributed by atoms with Crippen molar-refractivity contribution in [2.24, 2.45) is 0 Å². The highest BCUT2D eigenvalue weighted by molar-refractivity contribution is 9.10. The molecule has 0 bridgehead atoms. The Kier molecular flexibility index (Phi) is 4.23. The van der Waals surface area contributed by atoms with Crippen molar-refractivity contribution >= 4 is 33.5 Å². The number of hydrogen-bond acceptors (Lipinski definition) is 2. The minimum Gasteiger partial charge on any atom is -0.468 e. The summed E-state index contributed by atoms with van der Waals surface area (Å²) in [5.74, 6) is -0.336. The Bertz CT molecular complexity index is 105. The Morgan fingerprint density at radius 2 is 2.22 bits per heavy atom. The van der Waals surface area contributed by atoms with Crippen molar-refractivity contribution < 1.29 is 9.53 Å². The Labute approximate surface area is 67.6 Å². The summed E-state index contributed by atoms with van der Waals surface area (Å²) in [5.41, 5.74) is 0. The quantitative estimate of drug-likeness (QED) is 0.516. The molecule has 0 amide bonds. The monoisotopic (exact) mass is 214 g/mol. The van der Waals surface area contributed by atoms with Crippen molar-refractivity contribution in [3.8, 4) is 0 Å². The van der Waals surface area contributed by atoms with Gasteiger partial charge in [0.15, 0.2) is 0 Å². The van der Waals surface area contributed by atoms with Crippen LogP contribution in [0.2, 0.25) is 0 Å². The van der Waals surface area contributed by atoms with Gasteiger partial charge in [0.05, 0.1) is 12.5 Å². The van der Waals surface area contributed by atoms with Gasteiger partial charge in [-0.3, -0.25) is 4.79 Å². The summed E-state index contributed by atoms with van der Waals surface area (Å²) in [5, 5.41) is -0.238. The minimum absolute atomic E-state index is 0.238. The number of ether oxygens (including phenoxy) is 1. The lowest BCUT2D eigenvalue weighted by molar-refractivity contribution is -0.139. The molecule has 0 rings (SSSR count). The fourth-order valence-electron chi connectivity index (χ4n) is 0.300. The fraction of sp³-hybridized carbons (Fsp3) is 0.800. The summed E-state index contributed by atoms with van der Waals surface area (Å²) < 4.78 is 4.40. The molecule has 0 aromatic heterocycles. The van der Waals surface area contributed by atoms with Crippen molar-refractivity contribution in [1.29, 1.82) is 0 Å². The number of carbonyl (C=O) groups excluding carboxylic acids is 1. The van der Waals surface area contributed by atoms with Gasteiger partial charge in [0, 0.05) is 0 Å². The summed E-state index contributed by atoms with van der Waals surface area (Å²) in [4.78, 5) is 10.2. The van der Waals surface area contributed by atoms with Gasteiger partial charge < -0.3 is 4.74 Å². The van der Waals surface area contributed by atoms with Crippen molar-refractivity contribution in [2.75, 3.05) is 7.11 Å². The summed E-state index contributed by atoms with van der Waals surface area (Å²) in [7, 11) is 1.33. The van der Waals surface area contributed by atoms with E-state index >= 15 is 0 Å². The molecule has 2 nitrogen and oxygen atoms in total. The number of carbonyl (C=O) groups is 1. The number of esters is 1. The van der Waals surface area contributed by atoms with E-state index in [2.05, 4.69) is 20.7 Å². The van der Waals surface area contributed by atoms with Gasteiger partial charge in [-0.2, -0.15) is 0 Å². The Morgan fingerprint density at radius 3 is 2.33 bits per heavy atom. The van der Waals surface area contributed by atoms with Gasteiger partial charge >= 0.3 is 5.97 Å². The maximum Gasteiger partial charge on any atom is 0.320 e. The van der Waals surface area contributed by atoms with Crippen LogP contribution < -0.4 is 0 Å². The van der Waals surface area contributed by atoms with E-state index in [0.717, 1.165) is 0 Å². The molecule has 4 heteroatoms. The zero-order valence-electron chi connectivity index (χ0n) is 5.23. The van der Waals surface area contributed by atoms with Gasteiger partial charge in [-0.15, -0.1) is 11.6 Å². The second kappa shape index (κ2) is 4.12. The number of alkyl halides is 2. The van der Waals surface area contributed by atoms with E-state index in [1.54, 1.807) is 6.92 Å². The molecule has 0 aliphatic heterocycles. The van der Waals surface area contributed by atoms with Crippen LogP contribution in [-0.2, 0) is 9.53 Å². The summed E-state index contributed by atoms with van der Waals surface area (Å²) in [6, 6.07) is 0. The molecule has 0 saturated carbocycles. The highest BCUT2D eigenvalue weighted by Crippen LogP contribution is 2.12. The van der Waals surface area contributed by atoms with Gasteiger partial charge in [-0.1, -0.05) is 15.9 Å². The van der Waals surface area contributed by atoms with Crippen molar-refractivity contribution in [2.45, 2.75) is 17.1 Å². The lowest BCUT2D eigenvalue weighted by Gasteiger charge is -2.07. The topological polar surface area (TPSA) is 26.3 Å². The molecular formula is C5H8BrClO2. The molecule has 0 saturated heterocycles. The van der Waals surface area contributed by atoms with E-state index in [0.29, 0.717) is 0 Å². The average molecular weight is 215 g/mol. The van der Waals surface area contributed by atoms with E-state index in [-0.39, 0.29) is 11.3 Å². The maximum absolute atomic E-state index is 10.6. The molecule has 0 aliphatic carbocycles. The molecule has 2 atom stereocenters. The predicted molar refractivity (Wildman–Crippen MR) is 40.0 cm³/mol. The van der Waals surface area contributed by atoms with Crippen LogP contribution in [-0.4, -0.2) is 23.3 Å². The third kappa shape index (κ3) is 3.06. The fourth-order valence-corrected chi connectivity index (χ4v) is 0.590. The number of halogens is 2. The summed E-state index contributed by atoms with van der Waals surface area (Å²) in [6.07, 6.45) is 0. The van der Waals surface area contributed by atoms with Gasteiger partial charge in [0.25, 0.3) is 0 Å². The molecule has 0 spiro atoms. The maximum atomic E-state index is 10.6. The van der Waals surface area contributed by atoms with Gasteiger partial charge in [0.1, 0.15) is 4.83 Å². The number of methoxy groups -OCH3 is 1. The predicted octanol–water partition coefficient (Wildman–Crippen LogP) is 1.55. The first-order valence-electron chi connectivity index (χ1n) is 2.45. The molecular weight excluding hydrogens is 207 g/mol. The van der Waals surface area contributed by atoms with E-state index in [4.69, 9.17) is 11.6 Å². The molecule has 9 heavy (non-hydrogen) atoms. The van der Waals surface area contributed by atoms with Crippen molar-refractivity contribution in [1.82, 2.24) is 0 Å². The molecule has 0 unspecified atom stereocenters. The standard InChI is InChI=1S/C5H8BrClO2/c1-3(7)4(6)5(8)9-2/h3-4H,1-2H3/t3-,4-/m0/s1. The zero-order valence-corrected chi connectivity index (χ0v) is 7.57. The first kappa shape index (κ1) is 9.24. The minimum atomic E-state index is -0.399. The van der Waals surface area contributed by atoms with Crippen LogP contribution in [0.4, 0.5) is 0 Å². The normalized spacial score (nSPS) is 16.4. The highest BCUT2D eigenvalue weighted by Gasteiger charge is 2.20. The molecule has 0 fully saturated rings. The lowest BCUT2D eigenvalue weighted by Crippen LogP contribution is -2.23. The first-order chi connectivity index (χ1) is 4.09. The Morgan fingerprint density at radius 1 is 1.78 bits per heavy atom. The smallest absolute Gasteiger partial charge is 0.320 e. The molecule has 54 valence electrons. The number of hydrogen-bond donors (Lipinski definition) is 0. The van der Waals surface area contributed by atoms with E-state index in [1.807, 2.05) is 0 Å². The van der Waals surface area contributed by atoms with E-state index < -0.39 is 4.83 Å². The SMILES string of the molecule is COC(=O)[C@@H](Br)[C@H](C)Cl. The summed E-state index contributed by atoms with van der Waals surface area (Å²) in [6.45, 7) is 1.72. The van der Waals surface area contributed by atoms with Crippen molar-refractivity contribution in [3.05, 3.63) is 0 Å². The first-order valence-corrected chi connectivity index (χ1v) is 3.80. The van der Waals surface area contributed by atoms with Crippen LogP contribution >= 0.6 is 27.5 Å². The Balaban J connectivity index is 3.72. The molecule has 0 heterocycles. The third-order valence-corrected chi connectivity index (χ3v) is 2.55. The molecule has 0 aliphatic rings. The molecule has 0 N–H and O–H groups in total. The second-order valence-electron chi connectivity index (χ2n) is 1.60. The van der Waals surface area contributed by atoms with Gasteiger partial charge in [-0.05, 0) is 6.92 Å². The number of rotatable bonds is 2. The van der Waals surface area contributed by atoms with Crippen LogP contribution in [0.3, 0.4) is 0 Å². The second-order valence-corrected chi connectivity index (χ2v) is 3.28. The van der Waals surface area contributed by atoms with Crippen LogP contribution in [0, 0.1) is 0 Å². The van der Waals surface area contributed by atoms with E-state index in [9.17, 15) is 4.79 Å². The molecule has 0 aromatic carbocycles. The Hall–Kier alpha value is 0.240. The lowest BCUT2D eigenvalue weighted by atomic mass is 10.3. The molecule has 0 aromatic rings. The van der Waals surface area contributed by atoms with Gasteiger partial charge in [0.2, 0.25) is 0 Å². The largest absolute Gasteiger partial charge is 0.468 e. The third-order valence-electron chi connectivity index (χ3n) is 0.830. The highest BCUT2D eigenvalue weighted by atomic mass is 79.9.